The van der Waals surface area contributed by atoms with Gasteiger partial charge in [0, 0.05) is 17.0 Å². The second-order valence-electron chi connectivity index (χ2n) is 4.61. The van der Waals surface area contributed by atoms with E-state index >= 15 is 0 Å². The maximum Gasteiger partial charge on any atom is 0.534 e. The van der Waals surface area contributed by atoms with Crippen LogP contribution in [0.2, 0.25) is 0 Å². The smallest absolute Gasteiger partial charge is 0.529 e. The zero-order chi connectivity index (χ0) is 17.7. The van der Waals surface area contributed by atoms with E-state index in [0.29, 0.717) is 9.95 Å². The van der Waals surface area contributed by atoms with Crippen LogP contribution in [0.25, 0.3) is 21.8 Å². The van der Waals surface area contributed by atoms with Crippen LogP contribution in [-0.2, 0) is 10.1 Å². The Hall–Kier alpha value is -2.82. The van der Waals surface area contributed by atoms with Crippen LogP contribution in [0.5, 0.6) is 5.88 Å². The summed E-state index contributed by atoms with van der Waals surface area (Å²) in [5.74, 6) is -1.01. The van der Waals surface area contributed by atoms with Crippen LogP contribution in [-0.4, -0.2) is 29.6 Å². The molecule has 0 aliphatic heterocycles. The van der Waals surface area contributed by atoms with E-state index in [-0.39, 0.29) is 10.9 Å². The van der Waals surface area contributed by atoms with E-state index in [9.17, 15) is 31.5 Å². The van der Waals surface area contributed by atoms with Crippen molar-refractivity contribution < 1.29 is 35.7 Å². The molecule has 0 aliphatic rings. The van der Waals surface area contributed by atoms with Gasteiger partial charge in [0.15, 0.2) is 0 Å². The number of halogens is 3. The minimum Gasteiger partial charge on any atom is -0.529 e. The fourth-order valence-electron chi connectivity index (χ4n) is 2.29. The predicted octanol–water partition coefficient (Wildman–Crippen LogP) is 1.61. The molecule has 0 amide bonds. The number of fused-ring (bicyclic) bond motifs is 3. The third-order valence-electron chi connectivity index (χ3n) is 3.20. The summed E-state index contributed by atoms with van der Waals surface area (Å²) in [6, 6.07) is 7.30. The first kappa shape index (κ1) is 16.1. The van der Waals surface area contributed by atoms with Crippen molar-refractivity contribution in [1.29, 1.82) is 0 Å². The molecular weight excluding hydrogens is 353 g/mol. The average Bonchev–Trinajstić information content (AvgIpc) is 2.81. The zero-order valence-corrected chi connectivity index (χ0v) is 12.3. The molecule has 0 atom stereocenters. The van der Waals surface area contributed by atoms with E-state index < -0.39 is 33.1 Å². The lowest BCUT2D eigenvalue weighted by Crippen LogP contribution is -2.30. The first-order valence-electron chi connectivity index (χ1n) is 6.24. The van der Waals surface area contributed by atoms with Crippen molar-refractivity contribution in [1.82, 2.24) is 9.55 Å². The van der Waals surface area contributed by atoms with Crippen LogP contribution in [0.3, 0.4) is 0 Å². The molecule has 3 rings (SSSR count). The number of hydrogen-bond acceptors (Lipinski definition) is 6. The summed E-state index contributed by atoms with van der Waals surface area (Å²) in [4.78, 5) is 14.8. The molecule has 0 radical (unpaired) electrons. The van der Waals surface area contributed by atoms with Gasteiger partial charge < -0.3 is 14.1 Å². The summed E-state index contributed by atoms with van der Waals surface area (Å²) < 4.78 is 64.5. The molecule has 0 bridgehead atoms. The molecule has 126 valence electrons. The fourth-order valence-corrected chi connectivity index (χ4v) is 2.71. The van der Waals surface area contributed by atoms with E-state index in [0.717, 1.165) is 6.20 Å². The molecule has 0 N–H and O–H groups in total. The van der Waals surface area contributed by atoms with Gasteiger partial charge in [-0.3, -0.25) is 4.57 Å². The van der Waals surface area contributed by atoms with Crippen molar-refractivity contribution in [2.24, 2.45) is 0 Å². The maximum absolute atomic E-state index is 12.5. The van der Waals surface area contributed by atoms with Gasteiger partial charge in [-0.25, -0.2) is 4.98 Å². The number of nitrogens with zero attached hydrogens (tertiary/aromatic N) is 2. The van der Waals surface area contributed by atoms with E-state index in [4.69, 9.17) is 0 Å². The Bertz CT molecular complexity index is 1070. The molecule has 3 aromatic rings. The van der Waals surface area contributed by atoms with Gasteiger partial charge in [0.2, 0.25) is 0 Å². The van der Waals surface area contributed by atoms with Crippen LogP contribution in [0, 0.1) is 0 Å². The Kier molecular flexibility index (Phi) is 3.41. The highest BCUT2D eigenvalue weighted by atomic mass is 32.2. The lowest BCUT2D eigenvalue weighted by molar-refractivity contribution is -0.249. The topological polar surface area (TPSA) is 101 Å². The summed E-state index contributed by atoms with van der Waals surface area (Å²) in [7, 11) is -6.01. The van der Waals surface area contributed by atoms with Gasteiger partial charge in [0.05, 0.1) is 5.52 Å². The summed E-state index contributed by atoms with van der Waals surface area (Å²) >= 11 is 0. The average molecular weight is 359 g/mol. The molecule has 1 aromatic carbocycles. The third kappa shape index (κ3) is 2.33. The fraction of sp³-hybridized carbons (Fsp3) is 0.0769. The molecule has 0 aliphatic carbocycles. The monoisotopic (exact) mass is 359 g/mol. The number of hydrogen-bond donors (Lipinski definition) is 0. The van der Waals surface area contributed by atoms with Gasteiger partial charge in [0.1, 0.15) is 11.6 Å². The number of aromatic nitrogens is 2. The molecule has 2 heterocycles. The van der Waals surface area contributed by atoms with Crippen LogP contribution < -0.4 is 9.29 Å². The first-order chi connectivity index (χ1) is 11.1. The molecule has 0 spiro atoms. The third-order valence-corrected chi connectivity index (χ3v) is 4.15. The van der Waals surface area contributed by atoms with Crippen molar-refractivity contribution in [3.05, 3.63) is 36.5 Å². The number of carbonyl (C=O) groups is 1. The minimum atomic E-state index is -6.01. The van der Waals surface area contributed by atoms with Gasteiger partial charge in [-0.05, 0) is 12.1 Å². The molecule has 0 saturated carbocycles. The normalized spacial score (nSPS) is 12.6. The van der Waals surface area contributed by atoms with E-state index in [2.05, 4.69) is 9.17 Å². The van der Waals surface area contributed by atoms with Gasteiger partial charge in [-0.2, -0.15) is 21.6 Å². The number of carbonyl (C=O) groups excluding carboxylic acids is 1. The van der Waals surface area contributed by atoms with Gasteiger partial charge >= 0.3 is 15.6 Å². The van der Waals surface area contributed by atoms with Crippen LogP contribution in [0.15, 0.2) is 36.5 Å². The Morgan fingerprint density at radius 3 is 2.46 bits per heavy atom. The molecule has 2 aromatic heterocycles. The maximum atomic E-state index is 12.5. The lowest BCUT2D eigenvalue weighted by Gasteiger charge is -2.12. The molecule has 24 heavy (non-hydrogen) atoms. The predicted molar refractivity (Wildman–Crippen MR) is 73.6 cm³/mol. The van der Waals surface area contributed by atoms with Crippen molar-refractivity contribution in [2.75, 3.05) is 0 Å². The SMILES string of the molecule is O=C([O-])n1c2ccccc2c2ccnc(OS(=O)(=O)C(F)(F)F)c21. The quantitative estimate of drug-likeness (QED) is 0.509. The molecule has 0 fully saturated rings. The molecular formula is C13H6F3N2O5S-. The van der Waals surface area contributed by atoms with Crippen LogP contribution in [0.4, 0.5) is 18.0 Å². The van der Waals surface area contributed by atoms with E-state index in [1.165, 1.54) is 24.3 Å². The minimum absolute atomic E-state index is 0.0924. The van der Waals surface area contributed by atoms with E-state index in [1.54, 1.807) is 6.07 Å². The Morgan fingerprint density at radius 2 is 1.83 bits per heavy atom. The number of rotatable bonds is 2. The highest BCUT2D eigenvalue weighted by molar-refractivity contribution is 7.88. The van der Waals surface area contributed by atoms with Crippen LogP contribution in [0.1, 0.15) is 0 Å². The Morgan fingerprint density at radius 1 is 1.17 bits per heavy atom. The largest absolute Gasteiger partial charge is 0.534 e. The molecule has 0 saturated heterocycles. The number of carboxylic acid groups (broad SMARTS) is 1. The zero-order valence-electron chi connectivity index (χ0n) is 11.4. The van der Waals surface area contributed by atoms with E-state index in [1.807, 2.05) is 0 Å². The van der Waals surface area contributed by atoms with Gasteiger partial charge in [-0.1, -0.05) is 18.2 Å². The standard InChI is InChI=1S/C13H7F3N2O5S/c14-13(15,16)24(21,22)23-11-10-8(5-6-17-11)7-3-1-2-4-9(7)18(10)12(19)20/h1-6H,(H,19,20)/p-1. The highest BCUT2D eigenvalue weighted by Crippen LogP contribution is 2.35. The molecule has 0 unspecified atom stereocenters. The summed E-state index contributed by atoms with van der Waals surface area (Å²) in [5, 5.41) is 11.9. The van der Waals surface area contributed by atoms with Crippen molar-refractivity contribution in [3.63, 3.8) is 0 Å². The number of alkyl halides is 3. The van der Waals surface area contributed by atoms with Gasteiger partial charge in [0.25, 0.3) is 5.88 Å². The summed E-state index contributed by atoms with van der Waals surface area (Å²) in [6.45, 7) is 0. The summed E-state index contributed by atoms with van der Waals surface area (Å²) in [5.41, 5.74) is -6.05. The molecule has 11 heteroatoms. The van der Waals surface area contributed by atoms with Gasteiger partial charge in [-0.15, -0.1) is 0 Å². The number of benzene rings is 1. The summed E-state index contributed by atoms with van der Waals surface area (Å²) in [6.07, 6.45) is -0.765. The van der Waals surface area contributed by atoms with Crippen molar-refractivity contribution in [3.8, 4) is 5.88 Å². The second-order valence-corrected chi connectivity index (χ2v) is 6.15. The van der Waals surface area contributed by atoms with Crippen molar-refractivity contribution in [2.45, 2.75) is 5.51 Å². The molecule has 7 nitrogen and oxygen atoms in total. The first-order valence-corrected chi connectivity index (χ1v) is 7.64. The Balaban J connectivity index is 2.37. The lowest BCUT2D eigenvalue weighted by atomic mass is 10.2. The number of para-hydroxylation sites is 1. The highest BCUT2D eigenvalue weighted by Gasteiger charge is 2.49. The van der Waals surface area contributed by atoms with Crippen molar-refractivity contribution >= 4 is 38.0 Å². The van der Waals surface area contributed by atoms with Crippen LogP contribution >= 0.6 is 0 Å². The Labute approximate surface area is 132 Å². The number of pyridine rings is 1. The second kappa shape index (κ2) is 5.09.